The van der Waals surface area contributed by atoms with Gasteiger partial charge in [-0.2, -0.15) is 4.98 Å². The van der Waals surface area contributed by atoms with Crippen LogP contribution in [0.15, 0.2) is 36.5 Å². The molecule has 1 saturated heterocycles. The van der Waals surface area contributed by atoms with Crippen LogP contribution in [0.1, 0.15) is 46.8 Å². The van der Waals surface area contributed by atoms with Gasteiger partial charge < -0.3 is 15.4 Å². The van der Waals surface area contributed by atoms with Crippen LogP contribution in [0.4, 0.5) is 16.2 Å². The molecule has 1 aromatic carbocycles. The van der Waals surface area contributed by atoms with Crippen molar-refractivity contribution in [2.75, 3.05) is 30.0 Å². The summed E-state index contributed by atoms with van der Waals surface area (Å²) in [5.74, 6) is 1.31. The van der Waals surface area contributed by atoms with Crippen molar-refractivity contribution in [1.29, 1.82) is 0 Å². The van der Waals surface area contributed by atoms with Gasteiger partial charge in [0.15, 0.2) is 0 Å². The highest BCUT2D eigenvalue weighted by molar-refractivity contribution is 6.10. The van der Waals surface area contributed by atoms with E-state index in [9.17, 15) is 9.18 Å². The molecule has 2 N–H and O–H groups in total. The number of rotatable bonds is 5. The molecule has 3 aromatic rings. The molecule has 34 heavy (non-hydrogen) atoms. The second kappa shape index (κ2) is 8.02. The first-order valence-electron chi connectivity index (χ1n) is 11.6. The number of pyridine rings is 1. The Morgan fingerprint density at radius 2 is 2.03 bits per heavy atom. The molecule has 2 aliphatic heterocycles. The SMILES string of the molecule is COc1cccc(F)c1-c1nccc2c1CN(c1cc(C3CC3)nc(N3CCC(N)C3)n1)C2=O. The van der Waals surface area contributed by atoms with Crippen molar-refractivity contribution in [3.8, 4) is 17.0 Å². The van der Waals surface area contributed by atoms with Gasteiger partial charge in [-0.15, -0.1) is 0 Å². The molecule has 0 radical (unpaired) electrons. The van der Waals surface area contributed by atoms with E-state index in [1.54, 1.807) is 23.1 Å². The molecule has 1 unspecified atom stereocenters. The van der Waals surface area contributed by atoms with E-state index >= 15 is 0 Å². The Morgan fingerprint density at radius 3 is 2.76 bits per heavy atom. The third-order valence-corrected chi connectivity index (χ3v) is 6.78. The molecule has 1 atom stereocenters. The van der Waals surface area contributed by atoms with Gasteiger partial charge in [0.2, 0.25) is 5.95 Å². The second-order valence-electron chi connectivity index (χ2n) is 9.11. The number of fused-ring (bicyclic) bond motifs is 1. The lowest BCUT2D eigenvalue weighted by Gasteiger charge is -2.21. The summed E-state index contributed by atoms with van der Waals surface area (Å²) in [6.07, 6.45) is 4.60. The lowest BCUT2D eigenvalue weighted by Crippen LogP contribution is -2.29. The van der Waals surface area contributed by atoms with Crippen LogP contribution < -0.4 is 20.3 Å². The fourth-order valence-electron chi connectivity index (χ4n) is 4.81. The molecule has 2 aromatic heterocycles. The normalized spacial score (nSPS) is 19.6. The zero-order chi connectivity index (χ0) is 23.4. The van der Waals surface area contributed by atoms with Crippen LogP contribution in [-0.2, 0) is 6.54 Å². The first-order valence-corrected chi connectivity index (χ1v) is 11.6. The van der Waals surface area contributed by atoms with E-state index in [0.29, 0.717) is 46.8 Å². The van der Waals surface area contributed by atoms with Gasteiger partial charge in [0.1, 0.15) is 17.4 Å². The van der Waals surface area contributed by atoms with Crippen molar-refractivity contribution >= 4 is 17.7 Å². The number of amides is 1. The monoisotopic (exact) mass is 460 g/mol. The van der Waals surface area contributed by atoms with Crippen molar-refractivity contribution < 1.29 is 13.9 Å². The highest BCUT2D eigenvalue weighted by Gasteiger charge is 2.36. The predicted octanol–water partition coefficient (Wildman–Crippen LogP) is 3.26. The molecule has 3 aliphatic rings. The number of benzene rings is 1. The van der Waals surface area contributed by atoms with Crippen LogP contribution in [-0.4, -0.2) is 47.1 Å². The summed E-state index contributed by atoms with van der Waals surface area (Å²) in [7, 11) is 1.49. The Labute approximate surface area is 196 Å². The summed E-state index contributed by atoms with van der Waals surface area (Å²) in [5, 5.41) is 0. The smallest absolute Gasteiger partial charge is 0.260 e. The number of methoxy groups -OCH3 is 1. The van der Waals surface area contributed by atoms with E-state index in [2.05, 4.69) is 9.88 Å². The summed E-state index contributed by atoms with van der Waals surface area (Å²) in [6, 6.07) is 8.33. The minimum Gasteiger partial charge on any atom is -0.496 e. The standard InChI is InChI=1S/C25H25FN6O2/c1-34-20-4-2-3-18(26)22(20)23-17-13-32(24(33)16(17)7-9-28-23)21-11-19(14-5-6-14)29-25(30-21)31-10-8-15(27)12-31/h2-4,7,9,11,14-15H,5-6,8,10,12-13,27H2,1H3. The molecule has 6 rings (SSSR count). The lowest BCUT2D eigenvalue weighted by atomic mass is 10.0. The molecule has 0 spiro atoms. The van der Waals surface area contributed by atoms with Crippen molar-refractivity contribution in [2.45, 2.75) is 37.8 Å². The van der Waals surface area contributed by atoms with Crippen molar-refractivity contribution in [2.24, 2.45) is 5.73 Å². The fourth-order valence-corrected chi connectivity index (χ4v) is 4.81. The lowest BCUT2D eigenvalue weighted by molar-refractivity contribution is 0.0996. The van der Waals surface area contributed by atoms with Crippen LogP contribution in [0.25, 0.3) is 11.3 Å². The number of nitrogens with two attached hydrogens (primary N) is 1. The third kappa shape index (κ3) is 3.47. The van der Waals surface area contributed by atoms with Crippen molar-refractivity contribution in [3.05, 3.63) is 59.2 Å². The van der Waals surface area contributed by atoms with Gasteiger partial charge >= 0.3 is 0 Å². The van der Waals surface area contributed by atoms with Gasteiger partial charge in [-0.25, -0.2) is 9.37 Å². The number of aromatic nitrogens is 3. The van der Waals surface area contributed by atoms with E-state index in [0.717, 1.165) is 31.5 Å². The molecule has 1 amide bonds. The van der Waals surface area contributed by atoms with Gasteiger partial charge in [-0.1, -0.05) is 6.07 Å². The minimum absolute atomic E-state index is 0.0960. The Balaban J connectivity index is 1.42. The fraction of sp³-hybridized carbons (Fsp3) is 0.360. The zero-order valence-electron chi connectivity index (χ0n) is 18.9. The van der Waals surface area contributed by atoms with Crippen LogP contribution in [0.3, 0.4) is 0 Å². The minimum atomic E-state index is -0.447. The number of nitrogens with zero attached hydrogens (tertiary/aromatic N) is 5. The molecular weight excluding hydrogens is 435 g/mol. The van der Waals surface area contributed by atoms with Crippen LogP contribution in [0, 0.1) is 5.82 Å². The quantitative estimate of drug-likeness (QED) is 0.624. The summed E-state index contributed by atoms with van der Waals surface area (Å²) in [5.41, 5.74) is 8.88. The summed E-state index contributed by atoms with van der Waals surface area (Å²) in [4.78, 5) is 31.2. The van der Waals surface area contributed by atoms with Gasteiger partial charge in [0, 0.05) is 48.4 Å². The maximum Gasteiger partial charge on any atom is 0.260 e. The molecule has 1 saturated carbocycles. The zero-order valence-corrected chi connectivity index (χ0v) is 18.9. The summed E-state index contributed by atoms with van der Waals surface area (Å²) in [6.45, 7) is 1.74. The molecule has 8 nitrogen and oxygen atoms in total. The molecule has 4 heterocycles. The molecule has 1 aliphatic carbocycles. The number of halogens is 1. The van der Waals surface area contributed by atoms with Crippen molar-refractivity contribution in [1.82, 2.24) is 15.0 Å². The average Bonchev–Trinajstić information content (AvgIpc) is 3.53. The number of hydrogen-bond donors (Lipinski definition) is 1. The maximum atomic E-state index is 14.9. The first kappa shape index (κ1) is 21.0. The topological polar surface area (TPSA) is 97.5 Å². The van der Waals surface area contributed by atoms with E-state index in [-0.39, 0.29) is 24.1 Å². The van der Waals surface area contributed by atoms with Gasteiger partial charge in [-0.3, -0.25) is 14.7 Å². The number of hydrogen-bond acceptors (Lipinski definition) is 7. The Bertz CT molecular complexity index is 1290. The van der Waals surface area contributed by atoms with E-state index in [1.165, 1.54) is 19.4 Å². The largest absolute Gasteiger partial charge is 0.496 e. The maximum absolute atomic E-state index is 14.9. The van der Waals surface area contributed by atoms with Crippen LogP contribution in [0.5, 0.6) is 5.75 Å². The second-order valence-corrected chi connectivity index (χ2v) is 9.11. The van der Waals surface area contributed by atoms with Gasteiger partial charge in [0.25, 0.3) is 5.91 Å². The highest BCUT2D eigenvalue weighted by Crippen LogP contribution is 2.42. The van der Waals surface area contributed by atoms with E-state index in [1.807, 2.05) is 6.07 Å². The van der Waals surface area contributed by atoms with Gasteiger partial charge in [-0.05, 0) is 37.5 Å². The molecule has 9 heteroatoms. The highest BCUT2D eigenvalue weighted by atomic mass is 19.1. The van der Waals surface area contributed by atoms with Crippen LogP contribution in [0.2, 0.25) is 0 Å². The average molecular weight is 461 g/mol. The van der Waals surface area contributed by atoms with Crippen molar-refractivity contribution in [3.63, 3.8) is 0 Å². The molecular formula is C25H25FN6O2. The molecule has 2 fully saturated rings. The Hall–Kier alpha value is -3.59. The first-order chi connectivity index (χ1) is 16.5. The molecule has 174 valence electrons. The third-order valence-electron chi connectivity index (χ3n) is 6.78. The van der Waals surface area contributed by atoms with E-state index < -0.39 is 5.82 Å². The van der Waals surface area contributed by atoms with Crippen LogP contribution >= 0.6 is 0 Å². The number of anilines is 2. The van der Waals surface area contributed by atoms with Gasteiger partial charge in [0.05, 0.1) is 30.6 Å². The number of carbonyl (C=O) groups excluding carboxylic acids is 1. The van der Waals surface area contributed by atoms with E-state index in [4.69, 9.17) is 20.4 Å². The number of ether oxygens (including phenoxy) is 1. The summed E-state index contributed by atoms with van der Waals surface area (Å²) >= 11 is 0. The summed E-state index contributed by atoms with van der Waals surface area (Å²) < 4.78 is 20.3. The Morgan fingerprint density at radius 1 is 1.18 bits per heavy atom. The Kier molecular flexibility index (Phi) is 4.95. The predicted molar refractivity (Wildman–Crippen MR) is 126 cm³/mol. The number of carbonyl (C=O) groups is 1. The molecule has 0 bridgehead atoms.